The van der Waals surface area contributed by atoms with Gasteiger partial charge in [0, 0.05) is 23.7 Å². The Morgan fingerprint density at radius 1 is 1.04 bits per heavy atom. The first kappa shape index (κ1) is 15.8. The highest BCUT2D eigenvalue weighted by Gasteiger charge is 2.60. The van der Waals surface area contributed by atoms with E-state index in [0.29, 0.717) is 0 Å². The molecule has 0 radical (unpaired) electrons. The van der Waals surface area contributed by atoms with Crippen LogP contribution in [-0.4, -0.2) is 13.0 Å². The van der Waals surface area contributed by atoms with Crippen molar-refractivity contribution in [2.45, 2.75) is 23.9 Å². The van der Waals surface area contributed by atoms with E-state index >= 15 is 0 Å². The van der Waals surface area contributed by atoms with Crippen molar-refractivity contribution in [2.75, 3.05) is 11.9 Å². The van der Waals surface area contributed by atoms with E-state index in [2.05, 4.69) is 59.2 Å². The van der Waals surface area contributed by atoms with Crippen LogP contribution in [0.5, 0.6) is 0 Å². The standard InChI is InChI=1S/C22H20N2OS/c1-24-18-11-6-5-10-16(18)22(21(24)25)14-17(15-8-3-2-4-9-15)23-20(22)19-12-7-13-26-19/h2-13,17,20,23H,14H2,1H3/t17-,20-,22+/m0/s1. The van der Waals surface area contributed by atoms with E-state index in [1.165, 1.54) is 10.4 Å². The zero-order valence-electron chi connectivity index (χ0n) is 14.6. The predicted molar refractivity (Wildman–Crippen MR) is 106 cm³/mol. The number of benzene rings is 2. The second-order valence-electron chi connectivity index (χ2n) is 7.14. The highest BCUT2D eigenvalue weighted by molar-refractivity contribution is 7.10. The van der Waals surface area contributed by atoms with E-state index in [-0.39, 0.29) is 18.0 Å². The molecule has 2 aromatic carbocycles. The van der Waals surface area contributed by atoms with Gasteiger partial charge in [-0.15, -0.1) is 11.3 Å². The molecule has 3 nitrogen and oxygen atoms in total. The fourth-order valence-corrected chi connectivity index (χ4v) is 5.54. The van der Waals surface area contributed by atoms with Crippen LogP contribution < -0.4 is 10.2 Å². The molecule has 1 aromatic heterocycles. The molecule has 2 aliphatic rings. The summed E-state index contributed by atoms with van der Waals surface area (Å²) in [5.41, 5.74) is 2.88. The average molecular weight is 360 g/mol. The molecule has 0 unspecified atom stereocenters. The third-order valence-electron chi connectivity index (χ3n) is 5.85. The smallest absolute Gasteiger partial charge is 0.239 e. The van der Waals surface area contributed by atoms with Crippen LogP contribution in [0, 0.1) is 0 Å². The molecule has 1 saturated heterocycles. The van der Waals surface area contributed by atoms with Gasteiger partial charge in [0.2, 0.25) is 5.91 Å². The Labute approximate surface area is 157 Å². The monoisotopic (exact) mass is 360 g/mol. The van der Waals surface area contributed by atoms with Gasteiger partial charge in [-0.2, -0.15) is 0 Å². The zero-order valence-corrected chi connectivity index (χ0v) is 15.4. The average Bonchev–Trinajstić information content (AvgIpc) is 3.39. The first-order valence-corrected chi connectivity index (χ1v) is 9.82. The molecule has 2 aliphatic heterocycles. The number of hydrogen-bond donors (Lipinski definition) is 1. The lowest BCUT2D eigenvalue weighted by molar-refractivity contribution is -0.123. The molecule has 1 amide bonds. The maximum absolute atomic E-state index is 13.6. The first-order valence-electron chi connectivity index (χ1n) is 8.94. The fraction of sp³-hybridized carbons (Fsp3) is 0.227. The van der Waals surface area contributed by atoms with Gasteiger partial charge in [0.15, 0.2) is 0 Å². The first-order chi connectivity index (χ1) is 12.7. The van der Waals surface area contributed by atoms with Crippen LogP contribution >= 0.6 is 11.3 Å². The number of carbonyl (C=O) groups excluding carboxylic acids is 1. The quantitative estimate of drug-likeness (QED) is 0.733. The van der Waals surface area contributed by atoms with Crippen molar-refractivity contribution in [3.63, 3.8) is 0 Å². The highest BCUT2D eigenvalue weighted by atomic mass is 32.1. The van der Waals surface area contributed by atoms with E-state index in [0.717, 1.165) is 17.7 Å². The number of anilines is 1. The van der Waals surface area contributed by atoms with Gasteiger partial charge in [0.1, 0.15) is 0 Å². The third kappa shape index (κ3) is 2.06. The molecule has 130 valence electrons. The minimum Gasteiger partial charge on any atom is -0.314 e. The predicted octanol–water partition coefficient (Wildman–Crippen LogP) is 4.44. The van der Waals surface area contributed by atoms with Crippen LogP contribution in [0.1, 0.15) is 34.5 Å². The van der Waals surface area contributed by atoms with Crippen LogP contribution in [0.15, 0.2) is 72.1 Å². The topological polar surface area (TPSA) is 32.3 Å². The Kier molecular flexibility index (Phi) is 3.52. The van der Waals surface area contributed by atoms with Gasteiger partial charge in [0.05, 0.1) is 11.5 Å². The normalized spacial score (nSPS) is 27.3. The second kappa shape index (κ2) is 5.79. The summed E-state index contributed by atoms with van der Waals surface area (Å²) in [6, 6.07) is 23.1. The molecule has 0 bridgehead atoms. The van der Waals surface area contributed by atoms with Gasteiger partial charge in [0.25, 0.3) is 0 Å². The molecule has 3 heterocycles. The summed E-state index contributed by atoms with van der Waals surface area (Å²) < 4.78 is 0. The number of carbonyl (C=O) groups is 1. The maximum Gasteiger partial charge on any atom is 0.239 e. The van der Waals surface area contributed by atoms with E-state index in [1.807, 2.05) is 30.1 Å². The summed E-state index contributed by atoms with van der Waals surface area (Å²) in [6.07, 6.45) is 0.778. The number of rotatable bonds is 2. The maximum atomic E-state index is 13.6. The summed E-state index contributed by atoms with van der Waals surface area (Å²) in [5, 5.41) is 5.89. The van der Waals surface area contributed by atoms with Gasteiger partial charge < -0.3 is 10.2 Å². The molecule has 3 atom stereocenters. The van der Waals surface area contributed by atoms with Gasteiger partial charge >= 0.3 is 0 Å². The van der Waals surface area contributed by atoms with Gasteiger partial charge in [-0.3, -0.25) is 4.79 Å². The third-order valence-corrected chi connectivity index (χ3v) is 6.79. The SMILES string of the molecule is CN1C(=O)[C@]2(C[C@@H](c3ccccc3)N[C@H]2c2cccs2)c2ccccc21. The van der Waals surface area contributed by atoms with Crippen LogP contribution in [0.2, 0.25) is 0 Å². The number of nitrogens with one attached hydrogen (secondary N) is 1. The van der Waals surface area contributed by atoms with E-state index in [1.54, 1.807) is 11.3 Å². The van der Waals surface area contributed by atoms with Crippen molar-refractivity contribution in [1.29, 1.82) is 0 Å². The Morgan fingerprint density at radius 3 is 2.58 bits per heavy atom. The Hall–Kier alpha value is -2.43. The Bertz CT molecular complexity index is 953. The van der Waals surface area contributed by atoms with Crippen LogP contribution in [0.3, 0.4) is 0 Å². The summed E-state index contributed by atoms with van der Waals surface area (Å²) in [7, 11) is 1.90. The molecule has 4 heteroatoms. The van der Waals surface area contributed by atoms with Crippen molar-refractivity contribution in [1.82, 2.24) is 5.32 Å². The summed E-state index contributed by atoms with van der Waals surface area (Å²) >= 11 is 1.72. The number of para-hydroxylation sites is 1. The molecule has 0 saturated carbocycles. The number of amides is 1. The van der Waals surface area contributed by atoms with Crippen molar-refractivity contribution >= 4 is 22.9 Å². The second-order valence-corrected chi connectivity index (χ2v) is 8.11. The van der Waals surface area contributed by atoms with Gasteiger partial charge in [-0.05, 0) is 35.1 Å². The Morgan fingerprint density at radius 2 is 1.81 bits per heavy atom. The number of nitrogens with zero attached hydrogens (tertiary/aromatic N) is 1. The summed E-state index contributed by atoms with van der Waals surface area (Å²) in [6.45, 7) is 0. The molecule has 26 heavy (non-hydrogen) atoms. The van der Waals surface area contributed by atoms with Crippen LogP contribution in [0.25, 0.3) is 0 Å². The molecule has 0 aliphatic carbocycles. The minimum atomic E-state index is -0.545. The number of likely N-dealkylation sites (N-methyl/N-ethyl adjacent to an activating group) is 1. The van der Waals surface area contributed by atoms with Crippen molar-refractivity contribution in [3.8, 4) is 0 Å². The van der Waals surface area contributed by atoms with Gasteiger partial charge in [-0.25, -0.2) is 0 Å². The molecular weight excluding hydrogens is 340 g/mol. The van der Waals surface area contributed by atoms with E-state index < -0.39 is 5.41 Å². The van der Waals surface area contributed by atoms with Crippen molar-refractivity contribution in [2.24, 2.45) is 0 Å². The largest absolute Gasteiger partial charge is 0.314 e. The fourth-order valence-electron chi connectivity index (χ4n) is 4.67. The molecule has 1 N–H and O–H groups in total. The lowest BCUT2D eigenvalue weighted by Gasteiger charge is -2.29. The van der Waals surface area contributed by atoms with E-state index in [9.17, 15) is 4.79 Å². The van der Waals surface area contributed by atoms with Crippen LogP contribution in [-0.2, 0) is 10.2 Å². The molecule has 3 aromatic rings. The molecule has 1 fully saturated rings. The summed E-state index contributed by atoms with van der Waals surface area (Å²) in [5.74, 6) is 0.197. The minimum absolute atomic E-state index is 0.00805. The molecule has 1 spiro atoms. The van der Waals surface area contributed by atoms with Crippen molar-refractivity contribution in [3.05, 3.63) is 88.1 Å². The van der Waals surface area contributed by atoms with Crippen LogP contribution in [0.4, 0.5) is 5.69 Å². The highest BCUT2D eigenvalue weighted by Crippen LogP contribution is 2.57. The molecular formula is C22H20N2OS. The Balaban J connectivity index is 1.69. The summed E-state index contributed by atoms with van der Waals surface area (Å²) in [4.78, 5) is 16.6. The number of hydrogen-bond acceptors (Lipinski definition) is 3. The zero-order chi connectivity index (χ0) is 17.7. The van der Waals surface area contributed by atoms with E-state index in [4.69, 9.17) is 0 Å². The van der Waals surface area contributed by atoms with Crippen molar-refractivity contribution < 1.29 is 4.79 Å². The molecule has 5 rings (SSSR count). The van der Waals surface area contributed by atoms with Gasteiger partial charge in [-0.1, -0.05) is 54.6 Å². The lowest BCUT2D eigenvalue weighted by atomic mass is 9.73. The number of fused-ring (bicyclic) bond motifs is 2. The number of thiophene rings is 1. The lowest BCUT2D eigenvalue weighted by Crippen LogP contribution is -2.42.